The molecule has 0 unspecified atom stereocenters. The average Bonchev–Trinajstić information content (AvgIpc) is 2.70. The van der Waals surface area contributed by atoms with Crippen molar-refractivity contribution >= 4 is 11.6 Å². The number of rotatable bonds is 2. The van der Waals surface area contributed by atoms with E-state index in [1.165, 1.54) is 23.1 Å². The molecule has 0 fully saturated rings. The van der Waals surface area contributed by atoms with Crippen LogP contribution in [-0.2, 0) is 7.05 Å². The number of para-hydroxylation sites is 1. The molecule has 0 atom stereocenters. The van der Waals surface area contributed by atoms with Crippen molar-refractivity contribution in [2.75, 3.05) is 5.32 Å². The van der Waals surface area contributed by atoms with Crippen LogP contribution in [-0.4, -0.2) is 15.7 Å². The molecule has 17 heavy (non-hydrogen) atoms. The summed E-state index contributed by atoms with van der Waals surface area (Å²) in [6.45, 7) is 0. The molecule has 0 aliphatic carbocycles. The highest BCUT2D eigenvalue weighted by atomic mass is 19.1. The number of halogens is 2. The normalized spacial score (nSPS) is 10.3. The minimum Gasteiger partial charge on any atom is -0.317 e. The molecular weight excluding hydrogens is 228 g/mol. The minimum atomic E-state index is -0.817. The van der Waals surface area contributed by atoms with Crippen molar-refractivity contribution in [3.63, 3.8) is 0 Å². The largest absolute Gasteiger partial charge is 0.317 e. The summed E-state index contributed by atoms with van der Waals surface area (Å²) in [5.74, 6) is -2.24. The molecular formula is C11H9F2N3O. The van der Waals surface area contributed by atoms with Gasteiger partial charge in [-0.1, -0.05) is 6.07 Å². The van der Waals surface area contributed by atoms with Crippen LogP contribution < -0.4 is 5.32 Å². The second kappa shape index (κ2) is 4.32. The van der Waals surface area contributed by atoms with Gasteiger partial charge in [-0.3, -0.25) is 9.48 Å². The predicted octanol–water partition coefficient (Wildman–Crippen LogP) is 1.95. The van der Waals surface area contributed by atoms with Gasteiger partial charge in [-0.25, -0.2) is 8.78 Å². The van der Waals surface area contributed by atoms with E-state index in [1.807, 2.05) is 0 Å². The Morgan fingerprint density at radius 1 is 1.35 bits per heavy atom. The summed E-state index contributed by atoms with van der Waals surface area (Å²) in [7, 11) is 1.64. The molecule has 1 N–H and O–H groups in total. The zero-order valence-electron chi connectivity index (χ0n) is 8.95. The first-order chi connectivity index (χ1) is 8.08. The summed E-state index contributed by atoms with van der Waals surface area (Å²) in [4.78, 5) is 11.6. The highest BCUT2D eigenvalue weighted by molar-refractivity contribution is 6.04. The van der Waals surface area contributed by atoms with Crippen molar-refractivity contribution < 1.29 is 13.6 Å². The Hall–Kier alpha value is -2.24. The lowest BCUT2D eigenvalue weighted by molar-refractivity contribution is 0.102. The number of carbonyl (C=O) groups excluding carboxylic acids is 1. The fourth-order valence-electron chi connectivity index (χ4n) is 1.34. The number of carbonyl (C=O) groups is 1. The number of nitrogens with zero attached hydrogens (tertiary/aromatic N) is 2. The molecule has 6 heteroatoms. The van der Waals surface area contributed by atoms with Gasteiger partial charge in [-0.2, -0.15) is 5.10 Å². The Balaban J connectivity index is 2.24. The molecule has 0 spiro atoms. The summed E-state index contributed by atoms with van der Waals surface area (Å²) in [5.41, 5.74) is -0.225. The maximum atomic E-state index is 13.3. The van der Waals surface area contributed by atoms with E-state index < -0.39 is 23.2 Å². The second-order valence-corrected chi connectivity index (χ2v) is 3.45. The number of amides is 1. The van der Waals surface area contributed by atoms with Crippen molar-refractivity contribution in [1.82, 2.24) is 9.78 Å². The Kier molecular flexibility index (Phi) is 2.86. The molecule has 0 aliphatic heterocycles. The monoisotopic (exact) mass is 237 g/mol. The number of hydrogen-bond donors (Lipinski definition) is 1. The van der Waals surface area contributed by atoms with Gasteiger partial charge in [0.05, 0.1) is 11.8 Å². The van der Waals surface area contributed by atoms with Gasteiger partial charge < -0.3 is 5.32 Å². The van der Waals surface area contributed by atoms with Gasteiger partial charge in [0.15, 0.2) is 0 Å². The van der Waals surface area contributed by atoms with Crippen LogP contribution in [0.3, 0.4) is 0 Å². The Morgan fingerprint density at radius 2 is 2.00 bits per heavy atom. The summed E-state index contributed by atoms with van der Waals surface area (Å²) in [6.07, 6.45) is 2.77. The third-order valence-corrected chi connectivity index (χ3v) is 2.17. The van der Waals surface area contributed by atoms with Gasteiger partial charge in [0, 0.05) is 13.2 Å². The molecule has 0 saturated heterocycles. The van der Waals surface area contributed by atoms with Crippen LogP contribution in [0.5, 0.6) is 0 Å². The fraction of sp³-hybridized carbons (Fsp3) is 0.0909. The van der Waals surface area contributed by atoms with Crippen LogP contribution >= 0.6 is 0 Å². The minimum absolute atomic E-state index is 0.232. The van der Waals surface area contributed by atoms with Gasteiger partial charge >= 0.3 is 0 Å². The molecule has 0 radical (unpaired) electrons. The van der Waals surface area contributed by atoms with E-state index in [0.29, 0.717) is 0 Å². The number of nitrogens with one attached hydrogen (secondary N) is 1. The molecule has 88 valence electrons. The first kappa shape index (κ1) is 11.3. The maximum Gasteiger partial charge on any atom is 0.259 e. The number of aryl methyl sites for hydroxylation is 1. The smallest absolute Gasteiger partial charge is 0.259 e. The third kappa shape index (κ3) is 2.30. The highest BCUT2D eigenvalue weighted by Gasteiger charge is 2.14. The van der Waals surface area contributed by atoms with Crippen LogP contribution in [0.1, 0.15) is 10.4 Å². The lowest BCUT2D eigenvalue weighted by atomic mass is 10.2. The van der Waals surface area contributed by atoms with Crippen molar-refractivity contribution in [3.05, 3.63) is 47.8 Å². The molecule has 1 amide bonds. The zero-order valence-corrected chi connectivity index (χ0v) is 8.95. The molecule has 0 aliphatic rings. The van der Waals surface area contributed by atoms with Crippen LogP contribution in [0.25, 0.3) is 0 Å². The van der Waals surface area contributed by atoms with Crippen LogP contribution in [0, 0.1) is 11.6 Å². The predicted molar refractivity (Wildman–Crippen MR) is 57.5 cm³/mol. The van der Waals surface area contributed by atoms with E-state index in [0.717, 1.165) is 12.1 Å². The van der Waals surface area contributed by atoms with Gasteiger partial charge in [0.2, 0.25) is 0 Å². The molecule has 2 aromatic rings. The fourth-order valence-corrected chi connectivity index (χ4v) is 1.34. The quantitative estimate of drug-likeness (QED) is 0.867. The van der Waals surface area contributed by atoms with E-state index in [9.17, 15) is 13.6 Å². The van der Waals surface area contributed by atoms with Crippen LogP contribution in [0.15, 0.2) is 30.6 Å². The SMILES string of the molecule is Cn1cc(C(=O)Nc2c(F)cccc2F)cn1. The Labute approximate surface area is 95.9 Å². The van der Waals surface area contributed by atoms with Crippen molar-refractivity contribution in [3.8, 4) is 0 Å². The van der Waals surface area contributed by atoms with E-state index in [-0.39, 0.29) is 5.56 Å². The van der Waals surface area contributed by atoms with Crippen molar-refractivity contribution in [2.45, 2.75) is 0 Å². The van der Waals surface area contributed by atoms with E-state index in [4.69, 9.17) is 0 Å². The van der Waals surface area contributed by atoms with Crippen molar-refractivity contribution in [1.29, 1.82) is 0 Å². The maximum absolute atomic E-state index is 13.3. The summed E-state index contributed by atoms with van der Waals surface area (Å²) >= 11 is 0. The van der Waals surface area contributed by atoms with Gasteiger partial charge in [-0.05, 0) is 12.1 Å². The average molecular weight is 237 g/mol. The van der Waals surface area contributed by atoms with E-state index >= 15 is 0 Å². The van der Waals surface area contributed by atoms with E-state index in [2.05, 4.69) is 10.4 Å². The van der Waals surface area contributed by atoms with Gasteiger partial charge in [0.1, 0.15) is 17.3 Å². The molecule has 1 aromatic carbocycles. The molecule has 1 aromatic heterocycles. The number of aromatic nitrogens is 2. The number of benzene rings is 1. The van der Waals surface area contributed by atoms with Gasteiger partial charge in [0.25, 0.3) is 5.91 Å². The summed E-state index contributed by atoms with van der Waals surface area (Å²) < 4.78 is 27.9. The highest BCUT2D eigenvalue weighted by Crippen LogP contribution is 2.18. The van der Waals surface area contributed by atoms with Crippen molar-refractivity contribution in [2.24, 2.45) is 7.05 Å². The van der Waals surface area contributed by atoms with Crippen LogP contribution in [0.2, 0.25) is 0 Å². The number of anilines is 1. The topological polar surface area (TPSA) is 46.9 Å². The summed E-state index contributed by atoms with van der Waals surface area (Å²) in [6, 6.07) is 3.37. The standard InChI is InChI=1S/C11H9F2N3O/c1-16-6-7(5-14-16)11(17)15-10-8(12)3-2-4-9(10)13/h2-6H,1H3,(H,15,17). The zero-order chi connectivity index (χ0) is 12.4. The number of hydrogen-bond acceptors (Lipinski definition) is 2. The molecule has 0 bridgehead atoms. The third-order valence-electron chi connectivity index (χ3n) is 2.17. The van der Waals surface area contributed by atoms with E-state index in [1.54, 1.807) is 7.05 Å². The summed E-state index contributed by atoms with van der Waals surface area (Å²) in [5, 5.41) is 5.96. The molecule has 4 nitrogen and oxygen atoms in total. The molecule has 0 saturated carbocycles. The lowest BCUT2D eigenvalue weighted by Crippen LogP contribution is -2.13. The van der Waals surface area contributed by atoms with Crippen LogP contribution in [0.4, 0.5) is 14.5 Å². The Morgan fingerprint density at radius 3 is 2.53 bits per heavy atom. The first-order valence-electron chi connectivity index (χ1n) is 4.82. The molecule has 2 rings (SSSR count). The van der Waals surface area contributed by atoms with Gasteiger partial charge in [-0.15, -0.1) is 0 Å². The Bertz CT molecular complexity index is 545. The lowest BCUT2D eigenvalue weighted by Gasteiger charge is -2.05. The first-order valence-corrected chi connectivity index (χ1v) is 4.82. The second-order valence-electron chi connectivity index (χ2n) is 3.45. The molecule has 1 heterocycles.